The van der Waals surface area contributed by atoms with E-state index in [-0.39, 0.29) is 59.8 Å². The minimum absolute atomic E-state index is 0.00256. The Morgan fingerprint density at radius 3 is 2.40 bits per heavy atom. The number of urea groups is 1. The van der Waals surface area contributed by atoms with Gasteiger partial charge in [-0.2, -0.15) is 0 Å². The van der Waals surface area contributed by atoms with Crippen LogP contribution < -0.4 is 26.6 Å². The van der Waals surface area contributed by atoms with Gasteiger partial charge in [-0.1, -0.05) is 37.8 Å². The van der Waals surface area contributed by atoms with E-state index in [2.05, 4.69) is 16.0 Å². The summed E-state index contributed by atoms with van der Waals surface area (Å²) in [7, 11) is 1.67. The molecule has 5 aliphatic heterocycles. The summed E-state index contributed by atoms with van der Waals surface area (Å²) in [6.45, 7) is 5.18. The maximum Gasteiger partial charge on any atom is 0.325 e. The van der Waals surface area contributed by atoms with Gasteiger partial charge in [0.2, 0.25) is 23.6 Å². The van der Waals surface area contributed by atoms with Crippen LogP contribution in [0.4, 0.5) is 19.3 Å². The Morgan fingerprint density at radius 2 is 1.69 bits per heavy atom. The van der Waals surface area contributed by atoms with Crippen LogP contribution in [0.3, 0.4) is 0 Å². The molecule has 4 saturated heterocycles. The first-order chi connectivity index (χ1) is 31.4. The zero-order chi connectivity index (χ0) is 46.2. The summed E-state index contributed by atoms with van der Waals surface area (Å²) in [5.74, 6) is -0.705. The second-order valence-electron chi connectivity index (χ2n) is 18.5. The van der Waals surface area contributed by atoms with Crippen LogP contribution in [0.1, 0.15) is 120 Å². The predicted octanol–water partition coefficient (Wildman–Crippen LogP) is 5.17. The van der Waals surface area contributed by atoms with Gasteiger partial charge >= 0.3 is 6.03 Å². The maximum absolute atomic E-state index is 14.6. The Balaban J connectivity index is 0.850. The molecule has 5 unspecified atom stereocenters. The molecule has 0 saturated carbocycles. The van der Waals surface area contributed by atoms with Gasteiger partial charge in [0.1, 0.15) is 6.04 Å². The van der Waals surface area contributed by atoms with Crippen LogP contribution in [0.5, 0.6) is 0 Å². The fraction of sp³-hybridized carbons (Fsp3) is 0.625. The largest absolute Gasteiger partial charge is 0.393 e. The van der Waals surface area contributed by atoms with Crippen molar-refractivity contribution in [2.24, 2.45) is 11.7 Å². The number of hydrogen-bond acceptors (Lipinski definition) is 10. The van der Waals surface area contributed by atoms with Crippen molar-refractivity contribution in [1.82, 2.24) is 35.6 Å². The lowest BCUT2D eigenvalue weighted by Gasteiger charge is -2.48. The van der Waals surface area contributed by atoms with E-state index >= 15 is 0 Å². The molecule has 5 heterocycles. The molecular weight excluding hydrogens is 835 g/mol. The second kappa shape index (κ2) is 21.9. The van der Waals surface area contributed by atoms with Gasteiger partial charge in [-0.3, -0.25) is 29.4 Å². The molecule has 0 radical (unpaired) electrons. The number of hydrogen-bond donors (Lipinski definition) is 5. The molecule has 0 aromatic heterocycles. The van der Waals surface area contributed by atoms with Gasteiger partial charge in [0.05, 0.1) is 12.2 Å². The number of imide groups is 1. The van der Waals surface area contributed by atoms with Crippen LogP contribution in [-0.2, 0) is 25.6 Å². The number of halogens is 2. The zero-order valence-electron chi connectivity index (χ0n) is 38.0. The number of carbonyl (C=O) groups excluding carboxylic acids is 5. The number of nitrogens with zero attached hydrogens (tertiary/aromatic N) is 5. The molecular formula is C48H68F2N10O5. The van der Waals surface area contributed by atoms with Crippen LogP contribution in [0, 0.1) is 11.3 Å². The summed E-state index contributed by atoms with van der Waals surface area (Å²) in [6, 6.07) is 2.58. The van der Waals surface area contributed by atoms with Gasteiger partial charge < -0.3 is 41.4 Å². The summed E-state index contributed by atoms with van der Waals surface area (Å²) in [5.41, 5.74) is 10.2. The van der Waals surface area contributed by atoms with Crippen molar-refractivity contribution in [2.75, 3.05) is 51.2 Å². The number of piperidine rings is 3. The molecule has 0 spiro atoms. The number of amides is 6. The number of nitrogens with two attached hydrogens (primary N) is 1. The molecule has 65 heavy (non-hydrogen) atoms. The zero-order valence-corrected chi connectivity index (χ0v) is 38.0. The number of aryl methyl sites for hydroxylation is 1. The number of benzene rings is 1. The number of carbonyl (C=O) groups is 5. The Morgan fingerprint density at radius 1 is 0.954 bits per heavy atom. The molecule has 4 fully saturated rings. The molecule has 6 aliphatic rings. The van der Waals surface area contributed by atoms with E-state index in [0.717, 1.165) is 75.3 Å². The van der Waals surface area contributed by atoms with Gasteiger partial charge in [0.15, 0.2) is 0 Å². The van der Waals surface area contributed by atoms with E-state index < -0.39 is 24.5 Å². The fourth-order valence-electron chi connectivity index (χ4n) is 10.9. The molecule has 7 rings (SSSR count). The highest BCUT2D eigenvalue weighted by molar-refractivity contribution is 6.09. The summed E-state index contributed by atoms with van der Waals surface area (Å²) in [6.07, 6.45) is 16.5. The first-order valence-electron chi connectivity index (χ1n) is 23.8. The topological polar surface area (TPSA) is 188 Å². The van der Waals surface area contributed by atoms with E-state index in [1.165, 1.54) is 0 Å². The normalized spacial score (nSPS) is 24.5. The van der Waals surface area contributed by atoms with E-state index in [9.17, 15) is 32.8 Å². The lowest BCUT2D eigenvalue weighted by atomic mass is 9.85. The predicted molar refractivity (Wildman–Crippen MR) is 246 cm³/mol. The number of unbranched alkanes of at least 4 members (excludes halogenated alkanes) is 5. The molecule has 1 aliphatic carbocycles. The van der Waals surface area contributed by atoms with Gasteiger partial charge in [-0.05, 0) is 87.1 Å². The number of nitrogens with one attached hydrogen (secondary N) is 4. The molecule has 0 bridgehead atoms. The average molecular weight is 903 g/mol. The van der Waals surface area contributed by atoms with Crippen molar-refractivity contribution in [2.45, 2.75) is 140 Å². The van der Waals surface area contributed by atoms with Crippen LogP contribution in [0.15, 0.2) is 42.3 Å². The standard InChI is InChI=1S/C48H68F2N10O5/c1-31(61)57-25-20-38(37(30-57)46(52)58-22-11-12-32-26-35(33(28-51)29-53-2)36(45(49)50)27-42(32)58)54-34-18-23-56(24-19-34)44(63)15-7-5-3-4-6-10-21-59-39-13-8-9-14-40(39)60(48(59)65)41-16-17-43(62)55-47(41)64/h8-9,14,26-29,34,37-39,41,45-46,51,53-54H,3-7,10-13,15-25,30,52H2,1-2H3,(H,55,62,64)/b33-29+,51-28?. The first kappa shape index (κ1) is 47.8. The SMILES string of the molecule is CN/C=C(\C=N)c1cc2c(cc1C(F)F)N(C(N)C1CN(C(C)=O)CCC1NC1CCN(C(=O)CCCCCCCCN3C(=O)N(C4CCC(=O)NC4=O)C4=CC=CCC43)CC1)CCC2. The molecule has 6 amide bonds. The number of anilines is 1. The van der Waals surface area contributed by atoms with Crippen LogP contribution in [0.25, 0.3) is 5.57 Å². The summed E-state index contributed by atoms with van der Waals surface area (Å²) in [4.78, 5) is 73.2. The smallest absolute Gasteiger partial charge is 0.325 e. The van der Waals surface area contributed by atoms with Crippen LogP contribution in [0.2, 0.25) is 0 Å². The summed E-state index contributed by atoms with van der Waals surface area (Å²) < 4.78 is 29.1. The Hall–Kier alpha value is -5.16. The number of rotatable bonds is 18. The van der Waals surface area contributed by atoms with Crippen molar-refractivity contribution in [1.29, 1.82) is 5.41 Å². The average Bonchev–Trinajstić information content (AvgIpc) is 3.58. The second-order valence-corrected chi connectivity index (χ2v) is 18.5. The van der Waals surface area contributed by atoms with E-state index in [1.54, 1.807) is 37.2 Å². The fourth-order valence-corrected chi connectivity index (χ4v) is 10.9. The molecule has 354 valence electrons. The number of allylic oxidation sites excluding steroid dienone is 3. The van der Waals surface area contributed by atoms with Crippen molar-refractivity contribution >= 4 is 47.1 Å². The minimum Gasteiger partial charge on any atom is -0.393 e. The number of likely N-dealkylation sites (tertiary alicyclic amines) is 2. The van der Waals surface area contributed by atoms with Crippen LogP contribution in [-0.4, -0.2) is 132 Å². The highest BCUT2D eigenvalue weighted by Crippen LogP contribution is 2.39. The molecule has 1 aromatic carbocycles. The minimum atomic E-state index is -2.74. The third-order valence-corrected chi connectivity index (χ3v) is 14.4. The molecule has 1 aromatic rings. The Kier molecular flexibility index (Phi) is 16.1. The highest BCUT2D eigenvalue weighted by Gasteiger charge is 2.48. The van der Waals surface area contributed by atoms with Gasteiger partial charge in [-0.25, -0.2) is 13.6 Å². The van der Waals surface area contributed by atoms with E-state index in [0.29, 0.717) is 88.2 Å². The molecule has 5 atom stereocenters. The van der Waals surface area contributed by atoms with E-state index in [4.69, 9.17) is 11.1 Å². The van der Waals surface area contributed by atoms with Crippen molar-refractivity contribution in [3.8, 4) is 0 Å². The highest BCUT2D eigenvalue weighted by atomic mass is 19.3. The number of fused-ring (bicyclic) bond motifs is 2. The lowest BCUT2D eigenvalue weighted by molar-refractivity contribution is -0.136. The third-order valence-electron chi connectivity index (χ3n) is 14.4. The third kappa shape index (κ3) is 10.9. The Bertz CT molecular complexity index is 2040. The van der Waals surface area contributed by atoms with Crippen molar-refractivity contribution in [3.63, 3.8) is 0 Å². The van der Waals surface area contributed by atoms with Gasteiger partial charge in [-0.15, -0.1) is 0 Å². The Labute approximate surface area is 381 Å². The quantitative estimate of drug-likeness (QED) is 0.0753. The van der Waals surface area contributed by atoms with Gasteiger partial charge in [0, 0.05) is 119 Å². The monoisotopic (exact) mass is 903 g/mol. The van der Waals surface area contributed by atoms with Gasteiger partial charge in [0.25, 0.3) is 6.43 Å². The maximum atomic E-state index is 14.6. The summed E-state index contributed by atoms with van der Waals surface area (Å²) >= 11 is 0. The lowest BCUT2D eigenvalue weighted by Crippen LogP contribution is -2.63. The van der Waals surface area contributed by atoms with E-state index in [1.807, 2.05) is 37.8 Å². The van der Waals surface area contributed by atoms with Crippen molar-refractivity contribution < 1.29 is 32.8 Å². The number of alkyl halides is 2. The summed E-state index contributed by atoms with van der Waals surface area (Å²) in [5, 5.41) is 17.0. The van der Waals surface area contributed by atoms with Crippen molar-refractivity contribution in [3.05, 3.63) is 58.9 Å². The molecule has 6 N–H and O–H groups in total. The first-order valence-corrected chi connectivity index (χ1v) is 23.8. The van der Waals surface area contributed by atoms with Crippen LogP contribution >= 0.6 is 0 Å². The molecule has 15 nitrogen and oxygen atoms in total. The molecule has 17 heteroatoms.